The van der Waals surface area contributed by atoms with E-state index in [-0.39, 0.29) is 17.9 Å². The van der Waals surface area contributed by atoms with Gasteiger partial charge in [0, 0.05) is 7.05 Å². The third-order valence-corrected chi connectivity index (χ3v) is 4.26. The predicted molar refractivity (Wildman–Crippen MR) is 74.9 cm³/mol. The van der Waals surface area contributed by atoms with Gasteiger partial charge in [-0.25, -0.2) is 4.98 Å². The van der Waals surface area contributed by atoms with Gasteiger partial charge in [-0.1, -0.05) is 13.3 Å². The Bertz CT molecular complexity index is 551. The summed E-state index contributed by atoms with van der Waals surface area (Å²) in [5, 5.41) is 6.92. The molecule has 1 saturated carbocycles. The van der Waals surface area contributed by atoms with Crippen molar-refractivity contribution in [3.63, 3.8) is 0 Å². The minimum Gasteiger partial charge on any atom is -0.342 e. The Labute approximate surface area is 123 Å². The molecule has 1 saturated heterocycles. The zero-order valence-corrected chi connectivity index (χ0v) is 12.5. The molecule has 2 heterocycles. The highest BCUT2D eigenvalue weighted by Gasteiger charge is 2.47. The first kappa shape index (κ1) is 14.0. The molecule has 0 radical (unpaired) electrons. The van der Waals surface area contributed by atoms with Crippen LogP contribution in [0.4, 0.5) is 0 Å². The molecule has 1 aromatic heterocycles. The lowest BCUT2D eigenvalue weighted by molar-refractivity contribution is -0.151. The van der Waals surface area contributed by atoms with Crippen molar-refractivity contribution in [3.05, 3.63) is 12.2 Å². The van der Waals surface area contributed by atoms with Crippen LogP contribution in [-0.2, 0) is 23.2 Å². The van der Waals surface area contributed by atoms with E-state index in [0.29, 0.717) is 24.7 Å². The number of nitrogens with one attached hydrogen (secondary N) is 1. The van der Waals surface area contributed by atoms with Gasteiger partial charge in [-0.3, -0.25) is 14.3 Å². The van der Waals surface area contributed by atoms with Crippen LogP contribution in [0.15, 0.2) is 6.33 Å². The van der Waals surface area contributed by atoms with E-state index in [1.807, 2.05) is 6.92 Å². The first-order valence-corrected chi connectivity index (χ1v) is 7.55. The first-order valence-electron chi connectivity index (χ1n) is 7.55. The lowest BCUT2D eigenvalue weighted by Crippen LogP contribution is -2.63. The Balaban J connectivity index is 1.85. The quantitative estimate of drug-likeness (QED) is 0.841. The van der Waals surface area contributed by atoms with Gasteiger partial charge in [-0.05, 0) is 25.2 Å². The fourth-order valence-electron chi connectivity index (χ4n) is 2.95. The van der Waals surface area contributed by atoms with E-state index in [0.717, 1.165) is 19.3 Å². The molecule has 1 aromatic rings. The van der Waals surface area contributed by atoms with Gasteiger partial charge in [0.1, 0.15) is 24.2 Å². The maximum atomic E-state index is 12.7. The number of hydrogen-bond acceptors (Lipinski definition) is 4. The van der Waals surface area contributed by atoms with Crippen molar-refractivity contribution >= 4 is 11.8 Å². The Morgan fingerprint density at radius 3 is 2.71 bits per heavy atom. The summed E-state index contributed by atoms with van der Waals surface area (Å²) >= 11 is 0. The Hall–Kier alpha value is -1.92. The minimum absolute atomic E-state index is 0.0105. The highest BCUT2D eigenvalue weighted by Crippen LogP contribution is 2.37. The molecule has 2 aliphatic rings. The number of rotatable bonds is 5. The largest absolute Gasteiger partial charge is 0.342 e. The van der Waals surface area contributed by atoms with E-state index < -0.39 is 6.04 Å². The summed E-state index contributed by atoms with van der Waals surface area (Å²) in [6, 6.07) is -0.743. The zero-order valence-electron chi connectivity index (χ0n) is 12.5. The van der Waals surface area contributed by atoms with E-state index in [1.54, 1.807) is 16.6 Å². The molecule has 7 nitrogen and oxygen atoms in total. The Morgan fingerprint density at radius 2 is 2.14 bits per heavy atom. The summed E-state index contributed by atoms with van der Waals surface area (Å²) in [6.07, 6.45) is 5.04. The molecule has 2 amide bonds. The van der Waals surface area contributed by atoms with Crippen LogP contribution in [0.25, 0.3) is 0 Å². The van der Waals surface area contributed by atoms with Crippen LogP contribution in [0.3, 0.4) is 0 Å². The van der Waals surface area contributed by atoms with Gasteiger partial charge >= 0.3 is 0 Å². The Morgan fingerprint density at radius 1 is 1.38 bits per heavy atom. The van der Waals surface area contributed by atoms with Crippen molar-refractivity contribution in [2.24, 2.45) is 13.0 Å². The molecule has 3 rings (SSSR count). The lowest BCUT2D eigenvalue weighted by atomic mass is 10.0. The van der Waals surface area contributed by atoms with Crippen molar-refractivity contribution in [1.29, 1.82) is 0 Å². The number of carbonyl (C=O) groups is 2. The molecule has 1 aliphatic heterocycles. The van der Waals surface area contributed by atoms with E-state index >= 15 is 0 Å². The second-order valence-corrected chi connectivity index (χ2v) is 5.90. The fraction of sp³-hybridized carbons (Fsp3) is 0.714. The summed E-state index contributed by atoms with van der Waals surface area (Å²) in [4.78, 5) is 31.0. The van der Waals surface area contributed by atoms with Crippen LogP contribution < -0.4 is 5.32 Å². The van der Waals surface area contributed by atoms with E-state index in [2.05, 4.69) is 15.4 Å². The summed E-state index contributed by atoms with van der Waals surface area (Å²) in [5.74, 6) is 0.998. The van der Waals surface area contributed by atoms with Crippen LogP contribution in [0.1, 0.15) is 38.4 Å². The van der Waals surface area contributed by atoms with Crippen molar-refractivity contribution in [2.75, 3.05) is 0 Å². The molecule has 0 bridgehead atoms. The maximum absolute atomic E-state index is 12.7. The van der Waals surface area contributed by atoms with Crippen molar-refractivity contribution in [3.8, 4) is 0 Å². The molecule has 2 unspecified atom stereocenters. The number of amides is 2. The van der Waals surface area contributed by atoms with Crippen LogP contribution in [-0.4, -0.2) is 43.6 Å². The fourth-order valence-corrected chi connectivity index (χ4v) is 2.95. The topological polar surface area (TPSA) is 80.1 Å². The smallest absolute Gasteiger partial charge is 0.246 e. The number of aromatic nitrogens is 3. The second kappa shape index (κ2) is 5.46. The molecule has 21 heavy (non-hydrogen) atoms. The lowest BCUT2D eigenvalue weighted by Gasteiger charge is -2.39. The summed E-state index contributed by atoms with van der Waals surface area (Å²) in [5.41, 5.74) is 0. The Kier molecular flexibility index (Phi) is 3.65. The predicted octanol–water partition coefficient (Wildman–Crippen LogP) is 0.221. The molecule has 114 valence electrons. The molecular weight excluding hydrogens is 270 g/mol. The summed E-state index contributed by atoms with van der Waals surface area (Å²) in [6.45, 7) is 2.36. The van der Waals surface area contributed by atoms with E-state index in [4.69, 9.17) is 0 Å². The molecule has 2 fully saturated rings. The molecule has 7 heteroatoms. The number of hydrogen-bond donors (Lipinski definition) is 1. The van der Waals surface area contributed by atoms with Crippen LogP contribution in [0.5, 0.6) is 0 Å². The van der Waals surface area contributed by atoms with Crippen molar-refractivity contribution < 1.29 is 9.59 Å². The molecular formula is C14H21N5O2. The summed E-state index contributed by atoms with van der Waals surface area (Å²) in [7, 11) is 1.80. The van der Waals surface area contributed by atoms with Crippen LogP contribution >= 0.6 is 0 Å². The monoisotopic (exact) mass is 291 g/mol. The highest BCUT2D eigenvalue weighted by atomic mass is 16.2. The molecule has 1 aliphatic carbocycles. The average Bonchev–Trinajstić information content (AvgIpc) is 3.20. The molecule has 0 aromatic carbocycles. The normalized spacial score (nSPS) is 26.1. The number of piperazine rings is 1. The van der Waals surface area contributed by atoms with Gasteiger partial charge in [-0.15, -0.1) is 0 Å². The van der Waals surface area contributed by atoms with Gasteiger partial charge in [0.15, 0.2) is 0 Å². The molecule has 2 atom stereocenters. The first-order chi connectivity index (χ1) is 10.1. The highest BCUT2D eigenvalue weighted by molar-refractivity contribution is 5.97. The number of nitrogens with zero attached hydrogens (tertiary/aromatic N) is 4. The standard InChI is InChI=1S/C14H21N5O2/c1-3-4-10-14(21)19(7-11-15-8-16-18(11)2)12(9-5-6-9)13(20)17-10/h8-10,12H,3-7H2,1-2H3,(H,17,20). The minimum atomic E-state index is -0.397. The van der Waals surface area contributed by atoms with Crippen LogP contribution in [0.2, 0.25) is 0 Å². The third kappa shape index (κ3) is 2.64. The van der Waals surface area contributed by atoms with E-state index in [1.165, 1.54) is 6.33 Å². The van der Waals surface area contributed by atoms with Crippen LogP contribution in [0, 0.1) is 5.92 Å². The van der Waals surface area contributed by atoms with Gasteiger partial charge < -0.3 is 10.2 Å². The van der Waals surface area contributed by atoms with E-state index in [9.17, 15) is 9.59 Å². The summed E-state index contributed by atoms with van der Waals surface area (Å²) < 4.78 is 1.65. The van der Waals surface area contributed by atoms with Gasteiger partial charge in [0.25, 0.3) is 0 Å². The van der Waals surface area contributed by atoms with Gasteiger partial charge in [-0.2, -0.15) is 5.10 Å². The average molecular weight is 291 g/mol. The SMILES string of the molecule is CCCC1NC(=O)C(C2CC2)N(Cc2ncnn2C)C1=O. The third-order valence-electron chi connectivity index (χ3n) is 4.26. The molecule has 1 N–H and O–H groups in total. The number of aryl methyl sites for hydroxylation is 1. The van der Waals surface area contributed by atoms with Crippen molar-refractivity contribution in [2.45, 2.75) is 51.2 Å². The molecule has 0 spiro atoms. The second-order valence-electron chi connectivity index (χ2n) is 5.90. The zero-order chi connectivity index (χ0) is 15.0. The maximum Gasteiger partial charge on any atom is 0.246 e. The van der Waals surface area contributed by atoms with Gasteiger partial charge in [0.2, 0.25) is 11.8 Å². The van der Waals surface area contributed by atoms with Gasteiger partial charge in [0.05, 0.1) is 6.54 Å². The van der Waals surface area contributed by atoms with Crippen molar-refractivity contribution in [1.82, 2.24) is 25.0 Å². The number of carbonyl (C=O) groups excluding carboxylic acids is 2.